The van der Waals surface area contributed by atoms with Crippen LogP contribution in [0.1, 0.15) is 0 Å². The van der Waals surface area contributed by atoms with Crippen LogP contribution >= 0.6 is 342 Å². The van der Waals surface area contributed by atoms with E-state index in [-0.39, 0.29) is 1120 Å². The Morgan fingerprint density at radius 3 is 0.102 bits per heavy atom. The van der Waals surface area contributed by atoms with E-state index in [1.165, 1.54) is 145 Å². The largest absolute Gasteiger partial charge is 4.00 e. The van der Waals surface area contributed by atoms with Gasteiger partial charge in [-0.05, 0) is 0 Å². The first-order chi connectivity index (χ1) is 39.6. The maximum atomic E-state index is 7.13. The fourth-order valence-corrected chi connectivity index (χ4v) is 0. The molecule has 34 nitrogen and oxygen atoms in total. The first kappa shape index (κ1) is 352. The number of hydrogen-bond donors (Lipinski definition) is 0. The summed E-state index contributed by atoms with van der Waals surface area (Å²) in [5.74, 6) is 0. The molecule has 108 heavy (non-hydrogen) atoms. The molecule has 0 aliphatic rings. The van der Waals surface area contributed by atoms with Crippen LogP contribution in [-0.2, 0) is 11.0 Å². The van der Waals surface area contributed by atoms with Gasteiger partial charge in [-0.15, -0.1) is 0 Å². The number of nitrogens with zero attached hydrogens (tertiary/aromatic N) is 28. The van der Waals surface area contributed by atoms with E-state index < -0.39 is 0 Å². The van der Waals surface area contributed by atoms with E-state index in [0.717, 1.165) is 0 Å². The van der Waals surface area contributed by atoms with Gasteiger partial charge in [0, 0.05) is 62.2 Å². The van der Waals surface area contributed by atoms with Crippen LogP contribution < -0.4 is 965 Å². The van der Waals surface area contributed by atoms with Gasteiger partial charge in [0.2, 0.25) is 0 Å². The average molecular weight is 4540 g/mol. The average Bonchev–Trinajstić information content (AvgIpc) is 3.36. The summed E-state index contributed by atoms with van der Waals surface area (Å²) in [6, 6.07) is 0. The number of thiocarbonyl (C=S) groups is 28. The molecule has 0 rings (SSSR count). The summed E-state index contributed by atoms with van der Waals surface area (Å²) in [6.07, 6.45) is 0. The van der Waals surface area contributed by atoms with Crippen molar-refractivity contribution >= 4 is 487 Å². The molecule has 0 bridgehead atoms. The third kappa shape index (κ3) is 3160. The van der Waals surface area contributed by atoms with Crippen LogP contribution in [0.2, 0.25) is 0 Å². The zero-order valence-corrected chi connectivity index (χ0v) is 184. The summed E-state index contributed by atoms with van der Waals surface area (Å²) in [5, 5.41) is 237. The first-order valence-electron chi connectivity index (χ1n) is 12.0. The van der Waals surface area contributed by atoms with E-state index in [0.29, 0.717) is 0 Å². The van der Waals surface area contributed by atoms with Gasteiger partial charge < -0.3 is 184 Å². The summed E-state index contributed by atoms with van der Waals surface area (Å²) in [5.41, 5.74) is 0. The predicted molar refractivity (Wildman–Crippen MR) is 463 cm³/mol. The van der Waals surface area contributed by atoms with Crippen LogP contribution in [-0.4, -0.2) is 166 Å². The Bertz CT molecular complexity index is 1650. The second-order valence-corrected chi connectivity index (χ2v) is 7.67. The molecule has 0 atom stereocenters. The van der Waals surface area contributed by atoms with Crippen LogP contribution in [0.25, 0.3) is 151 Å². The molecular formula is C28H8Cs14N28O6S28U4-10. The second kappa shape index (κ2) is 783. The molecule has 0 aliphatic heterocycles. The van der Waals surface area contributed by atoms with Crippen LogP contribution in [0.3, 0.4) is 0 Å². The molecule has 0 aromatic heterocycles. The molecule has 0 heterocycles. The molecule has 0 spiro atoms. The molecule has 0 aromatic rings. The van der Waals surface area contributed by atoms with Crippen molar-refractivity contribution < 1.29 is 1120 Å². The van der Waals surface area contributed by atoms with Gasteiger partial charge in [0.25, 0.3) is 0 Å². The number of isothiocyanates is 28. The molecule has 0 amide bonds. The molecule has 504 valence electrons. The van der Waals surface area contributed by atoms with Crippen molar-refractivity contribution in [3.8, 4) is 0 Å². The molecule has 0 fully saturated rings. The Hall–Kier alpha value is 27.1. The van der Waals surface area contributed by atoms with Crippen molar-refractivity contribution in [2.24, 2.45) is 0 Å². The fraction of sp³-hybridized carbons (Fsp3) is 0. The SMILES string of the molecule is O.O.O.O.[Cs+].[Cs+].[Cs+].[Cs+].[Cs+].[Cs+].[Cs+].[Cs+].[Cs+].[Cs+].[Cs+].[Cs+].[Cs+].[Cs+].[N-]=C=S.[N-]=C=S.[N-]=C=S.[N-]=C=S.[N-]=C=S.[N-]=C=S.[N-]=C=S.[N-]=C=S.[N-]=C=S.[N-]=C=S.[N-]=C=S.[N-]=C=S.[N-]=C=S.[N-]=C=S.[N-]=C=S.[N-]=C=S.[N-]=C=S.[N-]=C=S.[N-]=C=S.[N-]=C=S.[N-]=C=S.[N-]=C=S.[N-]=C=S.[N-]=C=S.[N-]=C=S.[N-]=C=S.[N-]=C=S.[N-]=C=S.[O-2].[O-2].[U+4].[U+4].[U].[U]. The van der Waals surface area contributed by atoms with E-state index >= 15 is 0 Å². The summed E-state index contributed by atoms with van der Waals surface area (Å²) in [7, 11) is 0. The molecule has 0 radical (unpaired) electrons. The Morgan fingerprint density at radius 1 is 0.102 bits per heavy atom. The Labute approximate surface area is 1700 Å². The minimum absolute atomic E-state index is 0. The van der Waals surface area contributed by atoms with E-state index in [1.54, 1.807) is 0 Å². The second-order valence-electron chi connectivity index (χ2n) is 2.56. The summed E-state index contributed by atoms with van der Waals surface area (Å²) in [6.45, 7) is 0. The van der Waals surface area contributed by atoms with Gasteiger partial charge >= 0.3 is 1030 Å². The zero-order valence-electron chi connectivity index (χ0n) is 56.8. The molecule has 8 N–H and O–H groups in total. The molecule has 80 heteroatoms. The standard InChI is InChI=1S/28CNS.14Cs.4H2O.2O.4U/c28*2-1-3;;;;;;;;;;;;;;;;;;;;;;;;/h;;;;;;;;;;;;;;;;;;;;;;;;;;;;;;;;;;;;;;;;;;4*1H2;;;;;;/q28*-1;14*+1;;;;;2*-2;;;2*+4. The quantitative estimate of drug-likeness (QED) is 0.160. The van der Waals surface area contributed by atoms with Crippen molar-refractivity contribution in [1.29, 1.82) is 0 Å². The summed E-state index contributed by atoms with van der Waals surface area (Å²) in [4.78, 5) is 0. The number of rotatable bonds is 0. The minimum Gasteiger partial charge on any atom is -2.00 e. The molecule has 0 aliphatic carbocycles. The van der Waals surface area contributed by atoms with Crippen LogP contribution in [0.15, 0.2) is 0 Å². The summed E-state index contributed by atoms with van der Waals surface area (Å²) < 4.78 is 0. The molecule has 0 aromatic carbocycles. The molecule has 0 saturated carbocycles. The van der Waals surface area contributed by atoms with E-state index in [4.69, 9.17) is 151 Å². The van der Waals surface area contributed by atoms with Crippen LogP contribution in [0.4, 0.5) is 0 Å². The van der Waals surface area contributed by atoms with Gasteiger partial charge in [0.1, 0.15) is 0 Å². The molecule has 0 saturated heterocycles. The van der Waals surface area contributed by atoms with Crippen LogP contribution in [0.5, 0.6) is 0 Å². The Balaban J connectivity index is -0.00000000597. The van der Waals surface area contributed by atoms with Crippen molar-refractivity contribution in [3.63, 3.8) is 0 Å². The van der Waals surface area contributed by atoms with Crippen molar-refractivity contribution in [1.82, 2.24) is 0 Å². The van der Waals surface area contributed by atoms with Gasteiger partial charge in [0.05, 0.1) is 0 Å². The predicted octanol–water partition coefficient (Wildman–Crippen LogP) is -27.0. The topological polar surface area (TPSA) is 807 Å². The van der Waals surface area contributed by atoms with Gasteiger partial charge in [-0.1, -0.05) is 342 Å². The van der Waals surface area contributed by atoms with Crippen molar-refractivity contribution in [2.45, 2.75) is 0 Å². The summed E-state index contributed by atoms with van der Waals surface area (Å²) >= 11 is 104. The number of hydrogen-bond acceptors (Lipinski definition) is 28. The first-order valence-corrected chi connectivity index (χ1v) is 23.4. The van der Waals surface area contributed by atoms with Gasteiger partial charge in [-0.25, -0.2) is 0 Å². The van der Waals surface area contributed by atoms with Crippen molar-refractivity contribution in [2.75, 3.05) is 0 Å². The maximum Gasteiger partial charge on any atom is 4.00 e. The van der Waals surface area contributed by atoms with E-state index in [2.05, 4.69) is 342 Å². The van der Waals surface area contributed by atoms with Crippen molar-refractivity contribution in [3.05, 3.63) is 151 Å². The smallest absolute Gasteiger partial charge is 2.00 e. The Morgan fingerprint density at radius 2 is 0.102 bits per heavy atom. The van der Waals surface area contributed by atoms with Gasteiger partial charge in [-0.3, -0.25) is 0 Å². The van der Waals surface area contributed by atoms with E-state index in [1.807, 2.05) is 0 Å². The third-order valence-electron chi connectivity index (χ3n) is 0. The van der Waals surface area contributed by atoms with Crippen LogP contribution in [0, 0.1) is 124 Å². The zero-order chi connectivity index (χ0) is 75.8. The van der Waals surface area contributed by atoms with E-state index in [9.17, 15) is 0 Å². The van der Waals surface area contributed by atoms with Gasteiger partial charge in [0.15, 0.2) is 0 Å². The fourth-order valence-electron chi connectivity index (χ4n) is 0. The molecule has 0 unspecified atom stereocenters. The normalized spacial score (nSPS) is 2.07. The van der Waals surface area contributed by atoms with Gasteiger partial charge in [-0.2, -0.15) is 145 Å². The molecular weight excluding hydrogens is 4540 g/mol. The third-order valence-corrected chi connectivity index (χ3v) is 0. The minimum atomic E-state index is 0. The Kier molecular flexibility index (Phi) is 2550. The maximum absolute atomic E-state index is 7.13. The monoisotopic (exact) mass is 4540 g/mol.